The van der Waals surface area contributed by atoms with Gasteiger partial charge in [0.15, 0.2) is 5.82 Å². The Balaban J connectivity index is 1.58. The van der Waals surface area contributed by atoms with Crippen molar-refractivity contribution in [3.05, 3.63) is 78.1 Å². The molecule has 7 heteroatoms. The molecule has 29 heavy (non-hydrogen) atoms. The van der Waals surface area contributed by atoms with Gasteiger partial charge in [0.25, 0.3) is 0 Å². The first kappa shape index (κ1) is 18.5. The smallest absolute Gasteiger partial charge is 0.345 e. The zero-order valence-corrected chi connectivity index (χ0v) is 16.0. The number of carbonyl (C=O) groups excluding carboxylic acids is 1. The summed E-state index contributed by atoms with van der Waals surface area (Å²) >= 11 is 0. The van der Waals surface area contributed by atoms with Gasteiger partial charge in [0, 0.05) is 6.20 Å². The van der Waals surface area contributed by atoms with E-state index in [1.54, 1.807) is 42.6 Å². The molecule has 0 radical (unpaired) electrons. The summed E-state index contributed by atoms with van der Waals surface area (Å²) in [5, 5.41) is 11.3. The third-order valence-corrected chi connectivity index (χ3v) is 4.33. The Bertz CT molecular complexity index is 1160. The van der Waals surface area contributed by atoms with Crippen LogP contribution in [0.15, 0.2) is 67.0 Å². The maximum Gasteiger partial charge on any atom is 0.345 e. The van der Waals surface area contributed by atoms with Gasteiger partial charge in [-0.05, 0) is 47.9 Å². The summed E-state index contributed by atoms with van der Waals surface area (Å²) in [4.78, 5) is 21.3. The number of nitrogens with zero attached hydrogens (tertiary/aromatic N) is 4. The van der Waals surface area contributed by atoms with Gasteiger partial charge in [-0.25, -0.2) is 9.78 Å². The highest BCUT2D eigenvalue weighted by atomic mass is 16.5. The van der Waals surface area contributed by atoms with Crippen molar-refractivity contribution in [3.8, 4) is 5.75 Å². The Labute approximate surface area is 167 Å². The van der Waals surface area contributed by atoms with Gasteiger partial charge < -0.3 is 10.1 Å². The molecule has 1 N–H and O–H groups in total. The number of aromatic nitrogens is 4. The Kier molecular flexibility index (Phi) is 5.11. The van der Waals surface area contributed by atoms with Crippen LogP contribution in [-0.2, 0) is 0 Å². The number of para-hydroxylation sites is 1. The van der Waals surface area contributed by atoms with Crippen LogP contribution in [-0.4, -0.2) is 26.1 Å². The molecular weight excluding hydrogens is 366 g/mol. The second kappa shape index (κ2) is 8.02. The van der Waals surface area contributed by atoms with E-state index in [9.17, 15) is 4.79 Å². The van der Waals surface area contributed by atoms with E-state index in [1.165, 1.54) is 6.20 Å². The molecule has 0 aliphatic rings. The standard InChI is InChI=1S/C22H19N5O2/c1-14(2)15-11-21(27-24-13-15)26-20-9-8-18-19(25-20)10-16(12-23-18)22(28)29-17-6-4-3-5-7-17/h3-14H,1-2H3,(H,25,26,27). The predicted molar refractivity (Wildman–Crippen MR) is 110 cm³/mol. The van der Waals surface area contributed by atoms with Crippen LogP contribution in [0.2, 0.25) is 0 Å². The van der Waals surface area contributed by atoms with Crippen LogP contribution < -0.4 is 10.1 Å². The molecule has 0 saturated carbocycles. The molecule has 144 valence electrons. The Morgan fingerprint density at radius 1 is 0.966 bits per heavy atom. The molecule has 0 amide bonds. The zero-order chi connectivity index (χ0) is 20.2. The number of pyridine rings is 2. The number of nitrogens with one attached hydrogen (secondary N) is 1. The third kappa shape index (κ3) is 4.35. The first-order chi connectivity index (χ1) is 14.1. The number of hydrogen-bond donors (Lipinski definition) is 1. The van der Waals surface area contributed by atoms with Crippen LogP contribution in [0.1, 0.15) is 35.7 Å². The van der Waals surface area contributed by atoms with Crippen molar-refractivity contribution in [1.82, 2.24) is 20.2 Å². The Morgan fingerprint density at radius 3 is 2.59 bits per heavy atom. The van der Waals surface area contributed by atoms with E-state index in [0.29, 0.717) is 39.9 Å². The van der Waals surface area contributed by atoms with E-state index >= 15 is 0 Å². The van der Waals surface area contributed by atoms with Crippen LogP contribution in [0.5, 0.6) is 5.75 Å². The lowest BCUT2D eigenvalue weighted by Gasteiger charge is -2.09. The van der Waals surface area contributed by atoms with Crippen molar-refractivity contribution in [2.24, 2.45) is 0 Å². The van der Waals surface area contributed by atoms with Crippen molar-refractivity contribution >= 4 is 28.6 Å². The highest BCUT2D eigenvalue weighted by molar-refractivity contribution is 5.94. The minimum Gasteiger partial charge on any atom is -0.423 e. The van der Waals surface area contributed by atoms with Gasteiger partial charge in [0.05, 0.1) is 22.8 Å². The van der Waals surface area contributed by atoms with Gasteiger partial charge in [-0.15, -0.1) is 5.10 Å². The van der Waals surface area contributed by atoms with Crippen LogP contribution in [0.3, 0.4) is 0 Å². The fraction of sp³-hybridized carbons (Fsp3) is 0.136. The number of hydrogen-bond acceptors (Lipinski definition) is 7. The number of fused-ring (bicyclic) bond motifs is 1. The van der Waals surface area contributed by atoms with Gasteiger partial charge in [0.2, 0.25) is 0 Å². The fourth-order valence-corrected chi connectivity index (χ4v) is 2.73. The highest BCUT2D eigenvalue weighted by Crippen LogP contribution is 2.20. The van der Waals surface area contributed by atoms with E-state index in [2.05, 4.69) is 39.3 Å². The van der Waals surface area contributed by atoms with Crippen LogP contribution >= 0.6 is 0 Å². The fourth-order valence-electron chi connectivity index (χ4n) is 2.73. The maximum absolute atomic E-state index is 12.4. The second-order valence-electron chi connectivity index (χ2n) is 6.82. The zero-order valence-electron chi connectivity index (χ0n) is 16.0. The maximum atomic E-state index is 12.4. The predicted octanol–water partition coefficient (Wildman–Crippen LogP) is 4.51. The van der Waals surface area contributed by atoms with Crippen molar-refractivity contribution in [2.45, 2.75) is 19.8 Å². The molecule has 0 unspecified atom stereocenters. The van der Waals surface area contributed by atoms with Crippen LogP contribution in [0, 0.1) is 0 Å². The molecule has 0 saturated heterocycles. The van der Waals surface area contributed by atoms with Crippen molar-refractivity contribution in [2.75, 3.05) is 5.32 Å². The monoisotopic (exact) mass is 385 g/mol. The number of ether oxygens (including phenoxy) is 1. The molecule has 3 heterocycles. The average molecular weight is 385 g/mol. The molecule has 4 rings (SSSR count). The Hall–Kier alpha value is -3.87. The largest absolute Gasteiger partial charge is 0.423 e. The van der Waals surface area contributed by atoms with Gasteiger partial charge >= 0.3 is 5.97 Å². The molecule has 7 nitrogen and oxygen atoms in total. The van der Waals surface area contributed by atoms with E-state index in [1.807, 2.05) is 18.2 Å². The first-order valence-electron chi connectivity index (χ1n) is 9.22. The first-order valence-corrected chi connectivity index (χ1v) is 9.22. The molecule has 0 atom stereocenters. The second-order valence-corrected chi connectivity index (χ2v) is 6.82. The molecule has 1 aromatic carbocycles. The average Bonchev–Trinajstić information content (AvgIpc) is 2.74. The van der Waals surface area contributed by atoms with Gasteiger partial charge in [-0.3, -0.25) is 4.98 Å². The summed E-state index contributed by atoms with van der Waals surface area (Å²) in [5.41, 5.74) is 2.66. The number of benzene rings is 1. The summed E-state index contributed by atoms with van der Waals surface area (Å²) in [6, 6.07) is 16.1. The molecule has 0 fully saturated rings. The van der Waals surface area contributed by atoms with Crippen LogP contribution in [0.4, 0.5) is 11.6 Å². The number of rotatable bonds is 5. The van der Waals surface area contributed by atoms with Crippen LogP contribution in [0.25, 0.3) is 11.0 Å². The summed E-state index contributed by atoms with van der Waals surface area (Å²) in [6.45, 7) is 4.19. The summed E-state index contributed by atoms with van der Waals surface area (Å²) in [5.74, 6) is 1.53. The lowest BCUT2D eigenvalue weighted by Crippen LogP contribution is -2.09. The molecular formula is C22H19N5O2. The normalized spacial score (nSPS) is 10.9. The number of anilines is 2. The SMILES string of the molecule is CC(C)c1cnnc(Nc2ccc3ncc(C(=O)Oc4ccccc4)cc3n2)c1. The summed E-state index contributed by atoms with van der Waals surface area (Å²) in [6.07, 6.45) is 3.23. The molecule has 0 bridgehead atoms. The highest BCUT2D eigenvalue weighted by Gasteiger charge is 2.11. The molecule has 0 spiro atoms. The van der Waals surface area contributed by atoms with E-state index in [4.69, 9.17) is 4.74 Å². The number of esters is 1. The molecule has 3 aromatic heterocycles. The third-order valence-electron chi connectivity index (χ3n) is 4.33. The minimum absolute atomic E-state index is 0.326. The summed E-state index contributed by atoms with van der Waals surface area (Å²) < 4.78 is 5.37. The Morgan fingerprint density at radius 2 is 1.79 bits per heavy atom. The lowest BCUT2D eigenvalue weighted by atomic mass is 10.1. The topological polar surface area (TPSA) is 89.9 Å². The van der Waals surface area contributed by atoms with E-state index in [0.717, 1.165) is 5.56 Å². The molecule has 0 aliphatic heterocycles. The van der Waals surface area contributed by atoms with Gasteiger partial charge in [0.1, 0.15) is 11.6 Å². The minimum atomic E-state index is -0.485. The molecule has 4 aromatic rings. The van der Waals surface area contributed by atoms with Gasteiger partial charge in [-0.1, -0.05) is 32.0 Å². The van der Waals surface area contributed by atoms with Gasteiger partial charge in [-0.2, -0.15) is 5.10 Å². The number of carbonyl (C=O) groups is 1. The van der Waals surface area contributed by atoms with E-state index < -0.39 is 5.97 Å². The molecule has 0 aliphatic carbocycles. The van der Waals surface area contributed by atoms with Crippen molar-refractivity contribution < 1.29 is 9.53 Å². The van der Waals surface area contributed by atoms with Crippen molar-refractivity contribution in [1.29, 1.82) is 0 Å². The summed E-state index contributed by atoms with van der Waals surface area (Å²) in [7, 11) is 0. The lowest BCUT2D eigenvalue weighted by molar-refractivity contribution is 0.0734. The van der Waals surface area contributed by atoms with Crippen molar-refractivity contribution in [3.63, 3.8) is 0 Å². The van der Waals surface area contributed by atoms with E-state index in [-0.39, 0.29) is 0 Å². The quantitative estimate of drug-likeness (QED) is 0.399.